The van der Waals surface area contributed by atoms with Crippen LogP contribution in [0, 0.1) is 5.92 Å². The first-order valence-corrected chi connectivity index (χ1v) is 6.89. The zero-order valence-electron chi connectivity index (χ0n) is 10.5. The van der Waals surface area contributed by atoms with Gasteiger partial charge in [-0.25, -0.2) is 0 Å². The fraction of sp³-hybridized carbons (Fsp3) is 1.00. The second kappa shape index (κ2) is 5.99. The first-order chi connectivity index (χ1) is 7.79. The van der Waals surface area contributed by atoms with Crippen LogP contribution in [0.1, 0.15) is 39.0 Å². The molecule has 0 spiro atoms. The van der Waals surface area contributed by atoms with Crippen molar-refractivity contribution in [3.05, 3.63) is 0 Å². The van der Waals surface area contributed by atoms with Crippen LogP contribution in [0.25, 0.3) is 0 Å². The lowest BCUT2D eigenvalue weighted by Gasteiger charge is -2.35. The number of hydrogen-bond donors (Lipinski definition) is 1. The van der Waals surface area contributed by atoms with Gasteiger partial charge in [0.05, 0.1) is 12.7 Å². The van der Waals surface area contributed by atoms with E-state index in [1.54, 1.807) is 0 Å². The molecule has 2 rings (SSSR count). The van der Waals surface area contributed by atoms with Gasteiger partial charge in [0.15, 0.2) is 0 Å². The van der Waals surface area contributed by atoms with Gasteiger partial charge in [0.25, 0.3) is 0 Å². The Morgan fingerprint density at radius 2 is 2.25 bits per heavy atom. The lowest BCUT2D eigenvalue weighted by molar-refractivity contribution is -0.0417. The molecule has 2 atom stereocenters. The summed E-state index contributed by atoms with van der Waals surface area (Å²) in [6.07, 6.45) is 6.83. The Balaban J connectivity index is 1.69. The molecule has 3 nitrogen and oxygen atoms in total. The van der Waals surface area contributed by atoms with Crippen LogP contribution in [-0.4, -0.2) is 43.3 Å². The fourth-order valence-electron chi connectivity index (χ4n) is 2.53. The van der Waals surface area contributed by atoms with Gasteiger partial charge in [0.2, 0.25) is 0 Å². The molecule has 1 aliphatic carbocycles. The molecule has 1 saturated heterocycles. The molecule has 1 saturated carbocycles. The van der Waals surface area contributed by atoms with Crippen LogP contribution >= 0.6 is 0 Å². The number of morpholine rings is 1. The highest BCUT2D eigenvalue weighted by atomic mass is 16.5. The molecule has 16 heavy (non-hydrogen) atoms. The maximum Gasteiger partial charge on any atom is 0.0853 e. The van der Waals surface area contributed by atoms with Gasteiger partial charge in [-0.2, -0.15) is 0 Å². The highest BCUT2D eigenvalue weighted by molar-refractivity contribution is 4.83. The number of rotatable bonds is 6. The van der Waals surface area contributed by atoms with Crippen LogP contribution < -0.4 is 5.73 Å². The second-order valence-electron chi connectivity index (χ2n) is 5.39. The van der Waals surface area contributed by atoms with Crippen molar-refractivity contribution in [1.29, 1.82) is 0 Å². The Morgan fingerprint density at radius 1 is 1.44 bits per heavy atom. The van der Waals surface area contributed by atoms with Crippen LogP contribution in [-0.2, 0) is 4.74 Å². The molecule has 2 fully saturated rings. The number of hydrogen-bond acceptors (Lipinski definition) is 3. The minimum Gasteiger partial charge on any atom is -0.374 e. The summed E-state index contributed by atoms with van der Waals surface area (Å²) < 4.78 is 5.80. The number of nitrogens with zero attached hydrogens (tertiary/aromatic N) is 1. The molecule has 0 aromatic heterocycles. The summed E-state index contributed by atoms with van der Waals surface area (Å²) in [5, 5.41) is 0. The standard InChI is InChI=1S/C13H26N2O/c1-2-7-15-8-9-16-13(10-15)12(14)6-5-11-3-4-11/h11-13H,2-10,14H2,1H3. The van der Waals surface area contributed by atoms with Crippen molar-refractivity contribution in [2.75, 3.05) is 26.2 Å². The molecular formula is C13H26N2O. The minimum atomic E-state index is 0.250. The fourth-order valence-corrected chi connectivity index (χ4v) is 2.53. The van der Waals surface area contributed by atoms with E-state index in [9.17, 15) is 0 Å². The summed E-state index contributed by atoms with van der Waals surface area (Å²) in [7, 11) is 0. The Labute approximate surface area is 99.3 Å². The van der Waals surface area contributed by atoms with Gasteiger partial charge in [-0.3, -0.25) is 4.90 Å². The Kier molecular flexibility index (Phi) is 4.62. The van der Waals surface area contributed by atoms with E-state index in [2.05, 4.69) is 11.8 Å². The third-order valence-corrected chi connectivity index (χ3v) is 3.80. The third-order valence-electron chi connectivity index (χ3n) is 3.80. The summed E-state index contributed by atoms with van der Waals surface area (Å²) >= 11 is 0. The van der Waals surface area contributed by atoms with E-state index in [0.29, 0.717) is 0 Å². The minimum absolute atomic E-state index is 0.250. The van der Waals surface area contributed by atoms with Gasteiger partial charge in [-0.05, 0) is 31.7 Å². The molecule has 0 aromatic rings. The quantitative estimate of drug-likeness (QED) is 0.748. The number of nitrogens with two attached hydrogens (primary N) is 1. The monoisotopic (exact) mass is 226 g/mol. The molecule has 2 N–H and O–H groups in total. The molecule has 1 aliphatic heterocycles. The molecular weight excluding hydrogens is 200 g/mol. The first-order valence-electron chi connectivity index (χ1n) is 6.89. The van der Waals surface area contributed by atoms with Crippen molar-refractivity contribution < 1.29 is 4.74 Å². The summed E-state index contributed by atoms with van der Waals surface area (Å²) in [6.45, 7) is 6.41. The largest absolute Gasteiger partial charge is 0.374 e. The summed E-state index contributed by atoms with van der Waals surface area (Å²) in [5.41, 5.74) is 6.23. The Bertz CT molecular complexity index is 204. The third kappa shape index (κ3) is 3.72. The van der Waals surface area contributed by atoms with E-state index in [0.717, 1.165) is 32.0 Å². The lowest BCUT2D eigenvalue weighted by atomic mass is 10.0. The van der Waals surface area contributed by atoms with Crippen LogP contribution in [0.2, 0.25) is 0 Å². The van der Waals surface area contributed by atoms with Crippen LogP contribution in [0.15, 0.2) is 0 Å². The van der Waals surface area contributed by atoms with E-state index < -0.39 is 0 Å². The van der Waals surface area contributed by atoms with E-state index in [4.69, 9.17) is 10.5 Å². The van der Waals surface area contributed by atoms with Crippen LogP contribution in [0.5, 0.6) is 0 Å². The Morgan fingerprint density at radius 3 is 2.94 bits per heavy atom. The van der Waals surface area contributed by atoms with Crippen molar-refractivity contribution in [1.82, 2.24) is 4.90 Å². The molecule has 0 radical (unpaired) electrons. The molecule has 94 valence electrons. The van der Waals surface area contributed by atoms with Gasteiger partial charge < -0.3 is 10.5 Å². The highest BCUT2D eigenvalue weighted by Crippen LogP contribution is 2.34. The van der Waals surface area contributed by atoms with E-state index in [-0.39, 0.29) is 12.1 Å². The smallest absolute Gasteiger partial charge is 0.0853 e. The van der Waals surface area contributed by atoms with Gasteiger partial charge >= 0.3 is 0 Å². The topological polar surface area (TPSA) is 38.5 Å². The number of ether oxygens (including phenoxy) is 1. The average molecular weight is 226 g/mol. The van der Waals surface area contributed by atoms with Crippen molar-refractivity contribution in [3.63, 3.8) is 0 Å². The van der Waals surface area contributed by atoms with Gasteiger partial charge in [-0.1, -0.05) is 19.8 Å². The van der Waals surface area contributed by atoms with Crippen LogP contribution in [0.4, 0.5) is 0 Å². The second-order valence-corrected chi connectivity index (χ2v) is 5.39. The van der Waals surface area contributed by atoms with Gasteiger partial charge in [-0.15, -0.1) is 0 Å². The maximum absolute atomic E-state index is 6.23. The molecule has 3 heteroatoms. The highest BCUT2D eigenvalue weighted by Gasteiger charge is 2.28. The van der Waals surface area contributed by atoms with Crippen LogP contribution in [0.3, 0.4) is 0 Å². The normalized spacial score (nSPS) is 29.2. The zero-order valence-corrected chi connectivity index (χ0v) is 10.5. The molecule has 0 bridgehead atoms. The van der Waals surface area contributed by atoms with Crippen molar-refractivity contribution in [2.24, 2.45) is 11.7 Å². The van der Waals surface area contributed by atoms with E-state index >= 15 is 0 Å². The summed E-state index contributed by atoms with van der Waals surface area (Å²) in [4.78, 5) is 2.49. The average Bonchev–Trinajstić information content (AvgIpc) is 3.10. The van der Waals surface area contributed by atoms with E-state index in [1.165, 1.54) is 32.2 Å². The summed E-state index contributed by atoms with van der Waals surface area (Å²) in [5.74, 6) is 0.987. The zero-order chi connectivity index (χ0) is 11.4. The first kappa shape index (κ1) is 12.3. The SMILES string of the molecule is CCCN1CCOC(C(N)CCC2CC2)C1. The predicted octanol–water partition coefficient (Wildman–Crippen LogP) is 1.61. The van der Waals surface area contributed by atoms with E-state index in [1.807, 2.05) is 0 Å². The molecule has 0 amide bonds. The molecule has 0 aromatic carbocycles. The van der Waals surface area contributed by atoms with Crippen molar-refractivity contribution in [2.45, 2.75) is 51.2 Å². The van der Waals surface area contributed by atoms with Crippen molar-refractivity contribution in [3.8, 4) is 0 Å². The van der Waals surface area contributed by atoms with Gasteiger partial charge in [0.1, 0.15) is 0 Å². The lowest BCUT2D eigenvalue weighted by Crippen LogP contribution is -2.50. The molecule has 2 unspecified atom stereocenters. The Hall–Kier alpha value is -0.120. The maximum atomic E-state index is 6.23. The van der Waals surface area contributed by atoms with Crippen molar-refractivity contribution >= 4 is 0 Å². The van der Waals surface area contributed by atoms with Gasteiger partial charge in [0, 0.05) is 19.1 Å². The molecule has 2 aliphatic rings. The summed E-state index contributed by atoms with van der Waals surface area (Å²) in [6, 6.07) is 0.250. The molecule has 1 heterocycles. The predicted molar refractivity (Wildman–Crippen MR) is 66.4 cm³/mol.